The van der Waals surface area contributed by atoms with E-state index in [1.165, 1.54) is 12.8 Å². The second kappa shape index (κ2) is 3.82. The number of nitrogens with one attached hydrogen (secondary N) is 1. The fourth-order valence-corrected chi connectivity index (χ4v) is 2.97. The third-order valence-corrected chi connectivity index (χ3v) is 4.05. The van der Waals surface area contributed by atoms with Crippen molar-refractivity contribution in [3.05, 3.63) is 0 Å². The second-order valence-electron chi connectivity index (χ2n) is 5.20. The summed E-state index contributed by atoms with van der Waals surface area (Å²) in [6.45, 7) is 0. The van der Waals surface area contributed by atoms with E-state index < -0.39 is 5.60 Å². The Bertz CT molecular complexity index is 399. The Labute approximate surface area is 99.6 Å². The number of nitrogens with zero attached hydrogens (tertiary/aromatic N) is 1. The molecule has 1 unspecified atom stereocenters. The lowest BCUT2D eigenvalue weighted by molar-refractivity contribution is -0.153. The Morgan fingerprint density at radius 1 is 1.29 bits per heavy atom. The summed E-state index contributed by atoms with van der Waals surface area (Å²) >= 11 is 0. The molecule has 5 nitrogen and oxygen atoms in total. The molecule has 3 rings (SSSR count). The van der Waals surface area contributed by atoms with Crippen LogP contribution in [-0.4, -0.2) is 23.1 Å². The molecule has 0 aromatic carbocycles. The Morgan fingerprint density at radius 2 is 2.06 bits per heavy atom. The molecule has 1 atom stereocenters. The number of amides is 2. The van der Waals surface area contributed by atoms with Crippen molar-refractivity contribution >= 4 is 17.5 Å². The molecule has 3 aliphatic rings. The van der Waals surface area contributed by atoms with Crippen molar-refractivity contribution in [2.45, 2.75) is 50.5 Å². The number of carbonyl (C=O) groups is 2. The number of imide groups is 1. The molecule has 2 fully saturated rings. The van der Waals surface area contributed by atoms with Crippen LogP contribution < -0.4 is 5.32 Å². The van der Waals surface area contributed by atoms with Gasteiger partial charge in [0, 0.05) is 25.2 Å². The van der Waals surface area contributed by atoms with Crippen LogP contribution in [0.5, 0.6) is 0 Å². The predicted octanol–water partition coefficient (Wildman–Crippen LogP) is 1.13. The molecule has 17 heavy (non-hydrogen) atoms. The van der Waals surface area contributed by atoms with Gasteiger partial charge in [0.25, 0.3) is 5.91 Å². The van der Waals surface area contributed by atoms with Gasteiger partial charge in [0.05, 0.1) is 5.71 Å². The smallest absolute Gasteiger partial charge is 0.274 e. The largest absolute Gasteiger partial charge is 0.379 e. The van der Waals surface area contributed by atoms with E-state index >= 15 is 0 Å². The van der Waals surface area contributed by atoms with E-state index in [2.05, 4.69) is 10.5 Å². The minimum atomic E-state index is -0.883. The van der Waals surface area contributed by atoms with E-state index in [4.69, 9.17) is 4.84 Å². The van der Waals surface area contributed by atoms with Gasteiger partial charge in [-0.2, -0.15) is 0 Å². The molecule has 1 aliphatic carbocycles. The number of rotatable bonds is 1. The Kier molecular flexibility index (Phi) is 2.42. The van der Waals surface area contributed by atoms with Gasteiger partial charge in [-0.15, -0.1) is 0 Å². The van der Waals surface area contributed by atoms with Gasteiger partial charge in [-0.1, -0.05) is 18.0 Å². The lowest BCUT2D eigenvalue weighted by atomic mass is 9.84. The van der Waals surface area contributed by atoms with E-state index in [0.29, 0.717) is 25.2 Å². The molecule has 0 aromatic rings. The van der Waals surface area contributed by atoms with Crippen LogP contribution in [-0.2, 0) is 14.4 Å². The van der Waals surface area contributed by atoms with Crippen molar-refractivity contribution in [2.24, 2.45) is 11.1 Å². The topological polar surface area (TPSA) is 67.8 Å². The van der Waals surface area contributed by atoms with Crippen LogP contribution in [0.2, 0.25) is 0 Å². The first-order chi connectivity index (χ1) is 8.20. The highest BCUT2D eigenvalue weighted by Gasteiger charge is 2.50. The van der Waals surface area contributed by atoms with Crippen LogP contribution in [0.3, 0.4) is 0 Å². The molecular formula is C12H16N2O3. The molecule has 1 spiro atoms. The molecule has 0 radical (unpaired) electrons. The Morgan fingerprint density at radius 3 is 2.76 bits per heavy atom. The number of piperidine rings is 1. The summed E-state index contributed by atoms with van der Waals surface area (Å²) < 4.78 is 0. The molecule has 5 heteroatoms. The fraction of sp³-hybridized carbons (Fsp3) is 0.750. The summed E-state index contributed by atoms with van der Waals surface area (Å²) in [4.78, 5) is 28.4. The van der Waals surface area contributed by atoms with Crippen molar-refractivity contribution in [3.63, 3.8) is 0 Å². The predicted molar refractivity (Wildman–Crippen MR) is 60.2 cm³/mol. The zero-order chi connectivity index (χ0) is 11.9. The standard InChI is InChI=1S/C12H16N2O3/c15-10-5-6-12(11(16)13-10)7-9(14-17-12)8-3-1-2-4-8/h8H,1-7H2,(H,13,15,16). The zero-order valence-corrected chi connectivity index (χ0v) is 9.70. The van der Waals surface area contributed by atoms with Crippen molar-refractivity contribution in [2.75, 3.05) is 0 Å². The van der Waals surface area contributed by atoms with Gasteiger partial charge in [0.2, 0.25) is 11.5 Å². The van der Waals surface area contributed by atoms with Crippen molar-refractivity contribution < 1.29 is 14.4 Å². The fourth-order valence-electron chi connectivity index (χ4n) is 2.97. The molecule has 2 heterocycles. The number of hydrogen-bond acceptors (Lipinski definition) is 4. The molecule has 1 saturated heterocycles. The van der Waals surface area contributed by atoms with Gasteiger partial charge in [0.15, 0.2) is 0 Å². The number of oxime groups is 1. The van der Waals surface area contributed by atoms with E-state index in [1.807, 2.05) is 0 Å². The van der Waals surface area contributed by atoms with Gasteiger partial charge in [0.1, 0.15) is 0 Å². The van der Waals surface area contributed by atoms with Crippen LogP contribution in [0.1, 0.15) is 44.9 Å². The maximum atomic E-state index is 11.9. The highest BCUT2D eigenvalue weighted by Crippen LogP contribution is 2.37. The lowest BCUT2D eigenvalue weighted by Crippen LogP contribution is -2.53. The van der Waals surface area contributed by atoms with E-state index in [9.17, 15) is 9.59 Å². The first-order valence-electron chi connectivity index (χ1n) is 6.29. The minimum absolute atomic E-state index is 0.210. The molecular weight excluding hydrogens is 220 g/mol. The second-order valence-corrected chi connectivity index (χ2v) is 5.20. The van der Waals surface area contributed by atoms with Crippen molar-refractivity contribution in [3.8, 4) is 0 Å². The van der Waals surface area contributed by atoms with Gasteiger partial charge in [-0.25, -0.2) is 0 Å². The normalized spacial score (nSPS) is 33.8. The Balaban J connectivity index is 1.72. The van der Waals surface area contributed by atoms with Crippen LogP contribution in [0.15, 0.2) is 5.16 Å². The third-order valence-electron chi connectivity index (χ3n) is 4.05. The Hall–Kier alpha value is -1.39. The lowest BCUT2D eigenvalue weighted by Gasteiger charge is -2.28. The first-order valence-corrected chi connectivity index (χ1v) is 6.29. The van der Waals surface area contributed by atoms with E-state index in [-0.39, 0.29) is 11.8 Å². The van der Waals surface area contributed by atoms with E-state index in [1.54, 1.807) is 0 Å². The molecule has 0 aromatic heterocycles. The van der Waals surface area contributed by atoms with Gasteiger partial charge in [-0.05, 0) is 12.8 Å². The summed E-state index contributed by atoms with van der Waals surface area (Å²) in [5.41, 5.74) is 0.137. The third kappa shape index (κ3) is 1.73. The molecule has 92 valence electrons. The highest BCUT2D eigenvalue weighted by atomic mass is 16.7. The first kappa shape index (κ1) is 10.7. The summed E-state index contributed by atoms with van der Waals surface area (Å²) in [5.74, 6) is -0.0381. The summed E-state index contributed by atoms with van der Waals surface area (Å²) in [6.07, 6.45) is 6.15. The maximum Gasteiger partial charge on any atom is 0.274 e. The quantitative estimate of drug-likeness (QED) is 0.694. The zero-order valence-electron chi connectivity index (χ0n) is 9.70. The SMILES string of the molecule is O=C1CCC2(CC(C3CCCC3)=NO2)C(=O)N1. The van der Waals surface area contributed by atoms with Gasteiger partial charge in [-0.3, -0.25) is 14.9 Å². The summed E-state index contributed by atoms with van der Waals surface area (Å²) in [5, 5.41) is 6.46. The van der Waals surface area contributed by atoms with Crippen LogP contribution in [0, 0.1) is 5.92 Å². The molecule has 1 N–H and O–H groups in total. The average molecular weight is 236 g/mol. The van der Waals surface area contributed by atoms with Crippen LogP contribution in [0.4, 0.5) is 0 Å². The van der Waals surface area contributed by atoms with Crippen molar-refractivity contribution in [1.82, 2.24) is 5.32 Å². The summed E-state index contributed by atoms with van der Waals surface area (Å²) in [6, 6.07) is 0. The average Bonchev–Trinajstić information content (AvgIpc) is 2.95. The highest BCUT2D eigenvalue weighted by molar-refractivity contribution is 6.05. The summed E-state index contributed by atoms with van der Waals surface area (Å²) in [7, 11) is 0. The van der Waals surface area contributed by atoms with Crippen molar-refractivity contribution in [1.29, 1.82) is 0 Å². The van der Waals surface area contributed by atoms with Crippen LogP contribution >= 0.6 is 0 Å². The number of hydrogen-bond donors (Lipinski definition) is 1. The molecule has 1 saturated carbocycles. The van der Waals surface area contributed by atoms with Crippen LogP contribution in [0.25, 0.3) is 0 Å². The molecule has 0 bridgehead atoms. The minimum Gasteiger partial charge on any atom is -0.379 e. The molecule has 2 amide bonds. The maximum absolute atomic E-state index is 11.9. The monoisotopic (exact) mass is 236 g/mol. The molecule has 2 aliphatic heterocycles. The van der Waals surface area contributed by atoms with E-state index in [0.717, 1.165) is 18.6 Å². The van der Waals surface area contributed by atoms with Gasteiger partial charge >= 0.3 is 0 Å². The number of carbonyl (C=O) groups excluding carboxylic acids is 2. The van der Waals surface area contributed by atoms with Gasteiger partial charge < -0.3 is 4.84 Å².